The summed E-state index contributed by atoms with van der Waals surface area (Å²) in [5, 5.41) is 3.26. The Labute approximate surface area is 171 Å². The van der Waals surface area contributed by atoms with E-state index in [4.69, 9.17) is 0 Å². The van der Waals surface area contributed by atoms with Crippen molar-refractivity contribution in [1.82, 2.24) is 4.98 Å². The van der Waals surface area contributed by atoms with Gasteiger partial charge in [-0.15, -0.1) is 0 Å². The number of benzene rings is 3. The fraction of sp³-hybridized carbons (Fsp3) is 0.0833. The maximum atomic E-state index is 13.0. The zero-order chi connectivity index (χ0) is 21.3. The number of hydrogen-bond acceptors (Lipinski definition) is 3. The molecule has 3 nitrogen and oxygen atoms in total. The molecule has 0 aliphatic rings. The van der Waals surface area contributed by atoms with Gasteiger partial charge in [0.2, 0.25) is 0 Å². The van der Waals surface area contributed by atoms with Crippen molar-refractivity contribution < 1.29 is 18.0 Å². The Morgan fingerprint density at radius 1 is 0.833 bits per heavy atom. The third-order valence-electron chi connectivity index (χ3n) is 4.98. The molecule has 6 heteroatoms. The first-order chi connectivity index (χ1) is 14.4. The lowest BCUT2D eigenvalue weighted by molar-refractivity contribution is -0.137. The minimum atomic E-state index is -4.48. The minimum absolute atomic E-state index is 0.174. The van der Waals surface area contributed by atoms with Crippen LogP contribution in [0.25, 0.3) is 33.3 Å². The lowest BCUT2D eigenvalue weighted by atomic mass is 10.00. The molecule has 0 bridgehead atoms. The highest BCUT2D eigenvalue weighted by molar-refractivity contribution is 5.98. The van der Waals surface area contributed by atoms with Gasteiger partial charge in [0.1, 0.15) is 0 Å². The van der Waals surface area contributed by atoms with Crippen LogP contribution in [0.3, 0.4) is 0 Å². The monoisotopic (exact) mass is 406 g/mol. The number of aldehydes is 1. The number of nitrogens with zero attached hydrogens (tertiary/aromatic N) is 1. The number of halogens is 3. The molecule has 0 atom stereocenters. The van der Waals surface area contributed by atoms with Crippen LogP contribution in [-0.2, 0) is 6.18 Å². The Hall–Kier alpha value is -3.67. The van der Waals surface area contributed by atoms with Gasteiger partial charge in [-0.25, -0.2) is 4.98 Å². The van der Waals surface area contributed by atoms with Gasteiger partial charge in [-0.3, -0.25) is 4.79 Å². The predicted molar refractivity (Wildman–Crippen MR) is 113 cm³/mol. The van der Waals surface area contributed by atoms with Crippen molar-refractivity contribution in [2.24, 2.45) is 0 Å². The molecule has 0 radical (unpaired) electrons. The lowest BCUT2D eigenvalue weighted by Gasteiger charge is -2.11. The first kappa shape index (κ1) is 19.6. The van der Waals surface area contributed by atoms with E-state index >= 15 is 0 Å². The molecule has 150 valence electrons. The van der Waals surface area contributed by atoms with Crippen molar-refractivity contribution in [3.8, 4) is 22.4 Å². The van der Waals surface area contributed by atoms with Crippen LogP contribution < -0.4 is 5.32 Å². The van der Waals surface area contributed by atoms with Gasteiger partial charge < -0.3 is 5.32 Å². The summed E-state index contributed by atoms with van der Waals surface area (Å²) >= 11 is 0. The summed E-state index contributed by atoms with van der Waals surface area (Å²) in [4.78, 5) is 16.0. The van der Waals surface area contributed by atoms with Crippen LogP contribution in [-0.4, -0.2) is 18.3 Å². The average Bonchev–Trinajstić information content (AvgIpc) is 2.77. The third kappa shape index (κ3) is 3.76. The van der Waals surface area contributed by atoms with Crippen molar-refractivity contribution >= 4 is 22.9 Å². The van der Waals surface area contributed by atoms with Crippen LogP contribution in [0.2, 0.25) is 0 Å². The van der Waals surface area contributed by atoms with E-state index in [0.717, 1.165) is 34.5 Å². The second-order valence-corrected chi connectivity index (χ2v) is 6.85. The van der Waals surface area contributed by atoms with E-state index < -0.39 is 11.7 Å². The van der Waals surface area contributed by atoms with E-state index in [2.05, 4.69) is 10.3 Å². The number of pyridine rings is 1. The Morgan fingerprint density at radius 3 is 2.00 bits per heavy atom. The second-order valence-electron chi connectivity index (χ2n) is 6.85. The molecule has 0 saturated heterocycles. The van der Waals surface area contributed by atoms with E-state index in [1.54, 1.807) is 0 Å². The maximum Gasteiger partial charge on any atom is 0.416 e. The summed E-state index contributed by atoms with van der Waals surface area (Å²) in [6.45, 7) is 0. The Bertz CT molecular complexity index is 1210. The molecule has 30 heavy (non-hydrogen) atoms. The fourth-order valence-corrected chi connectivity index (χ4v) is 3.34. The molecule has 4 rings (SSSR count). The van der Waals surface area contributed by atoms with E-state index in [1.807, 2.05) is 55.6 Å². The van der Waals surface area contributed by atoms with Gasteiger partial charge in [-0.1, -0.05) is 36.4 Å². The van der Waals surface area contributed by atoms with E-state index in [9.17, 15) is 18.0 Å². The van der Waals surface area contributed by atoms with E-state index in [0.29, 0.717) is 17.5 Å². The van der Waals surface area contributed by atoms with E-state index in [1.165, 1.54) is 12.1 Å². The molecule has 0 aliphatic carbocycles. The molecule has 1 aromatic heterocycles. The lowest BCUT2D eigenvalue weighted by Crippen LogP contribution is -2.05. The van der Waals surface area contributed by atoms with Crippen molar-refractivity contribution in [2.45, 2.75) is 6.18 Å². The molecule has 0 unspecified atom stereocenters. The molecule has 3 aromatic carbocycles. The van der Waals surface area contributed by atoms with Crippen molar-refractivity contribution in [1.29, 1.82) is 0 Å². The van der Waals surface area contributed by atoms with Gasteiger partial charge in [0.15, 0.2) is 6.29 Å². The minimum Gasteiger partial charge on any atom is -0.388 e. The topological polar surface area (TPSA) is 42.0 Å². The van der Waals surface area contributed by atoms with Crippen LogP contribution >= 0.6 is 0 Å². The molecule has 0 fully saturated rings. The highest BCUT2D eigenvalue weighted by atomic mass is 19.4. The van der Waals surface area contributed by atoms with Crippen molar-refractivity contribution in [3.63, 3.8) is 0 Å². The smallest absolute Gasteiger partial charge is 0.388 e. The number of anilines is 1. The number of aromatic nitrogens is 1. The normalized spacial score (nSPS) is 11.5. The van der Waals surface area contributed by atoms with Gasteiger partial charge in [-0.2, -0.15) is 13.2 Å². The highest BCUT2D eigenvalue weighted by Crippen LogP contribution is 2.33. The van der Waals surface area contributed by atoms with Gasteiger partial charge in [0, 0.05) is 29.2 Å². The summed E-state index contributed by atoms with van der Waals surface area (Å²) in [5.41, 5.74) is 4.11. The fourth-order valence-electron chi connectivity index (χ4n) is 3.34. The molecule has 0 saturated carbocycles. The number of nitrogens with one attached hydrogen (secondary N) is 1. The summed E-state index contributed by atoms with van der Waals surface area (Å²) in [7, 11) is 1.86. The van der Waals surface area contributed by atoms with Crippen LogP contribution in [0.1, 0.15) is 15.9 Å². The number of fused-ring (bicyclic) bond motifs is 1. The zero-order valence-electron chi connectivity index (χ0n) is 16.0. The van der Waals surface area contributed by atoms with Crippen LogP contribution in [0, 0.1) is 0 Å². The zero-order valence-corrected chi connectivity index (χ0v) is 16.0. The number of hydrogen-bond donors (Lipinski definition) is 1. The van der Waals surface area contributed by atoms with Crippen LogP contribution in [0.15, 0.2) is 72.8 Å². The van der Waals surface area contributed by atoms with Gasteiger partial charge in [-0.05, 0) is 47.5 Å². The summed E-state index contributed by atoms with van der Waals surface area (Å²) < 4.78 is 39.0. The van der Waals surface area contributed by atoms with Gasteiger partial charge >= 0.3 is 6.18 Å². The molecule has 1 heterocycles. The first-order valence-electron chi connectivity index (χ1n) is 9.25. The molecule has 0 aliphatic heterocycles. The molecule has 0 spiro atoms. The summed E-state index contributed by atoms with van der Waals surface area (Å²) in [6, 6.07) is 20.4. The van der Waals surface area contributed by atoms with Gasteiger partial charge in [0.05, 0.1) is 16.8 Å². The van der Waals surface area contributed by atoms with Crippen molar-refractivity contribution in [2.75, 3.05) is 12.4 Å². The highest BCUT2D eigenvalue weighted by Gasteiger charge is 2.30. The van der Waals surface area contributed by atoms with Crippen LogP contribution in [0.4, 0.5) is 18.9 Å². The standard InChI is InChI=1S/C24H17F3N2O/c1-28-20-9-6-16(7-10-20)15-2-4-17(5-3-15)23-12-18(14-30)21-13-19(24(25,26)27)8-11-22(21)29-23/h2-14,28H,1H3. The first-order valence-corrected chi connectivity index (χ1v) is 9.25. The average molecular weight is 406 g/mol. The largest absolute Gasteiger partial charge is 0.416 e. The second kappa shape index (κ2) is 7.63. The SMILES string of the molecule is CNc1ccc(-c2ccc(-c3cc(C=O)c4cc(C(F)(F)F)ccc4n3)cc2)cc1. The van der Waals surface area contributed by atoms with Gasteiger partial charge in [0.25, 0.3) is 0 Å². The maximum absolute atomic E-state index is 13.0. The van der Waals surface area contributed by atoms with E-state index in [-0.39, 0.29) is 10.9 Å². The molecule has 0 amide bonds. The van der Waals surface area contributed by atoms with Crippen LogP contribution in [0.5, 0.6) is 0 Å². The number of carbonyl (C=O) groups excluding carboxylic acids is 1. The predicted octanol–water partition coefficient (Wildman–Crippen LogP) is 6.44. The third-order valence-corrected chi connectivity index (χ3v) is 4.98. The van der Waals surface area contributed by atoms with Crippen molar-refractivity contribution in [3.05, 3.63) is 83.9 Å². The molecular weight excluding hydrogens is 389 g/mol. The Kier molecular flexibility index (Phi) is 4.99. The Morgan fingerprint density at radius 2 is 1.43 bits per heavy atom. The number of alkyl halides is 3. The molecule has 4 aromatic rings. The molecular formula is C24H17F3N2O. The Balaban J connectivity index is 1.72. The summed E-state index contributed by atoms with van der Waals surface area (Å²) in [5.74, 6) is 0. The quantitative estimate of drug-likeness (QED) is 0.397. The number of rotatable bonds is 4. The number of carbonyl (C=O) groups is 1. The molecule has 1 N–H and O–H groups in total. The summed E-state index contributed by atoms with van der Waals surface area (Å²) in [6.07, 6.45) is -3.92.